The molecule has 0 bridgehead atoms. The zero-order valence-electron chi connectivity index (χ0n) is 14.0. The van der Waals surface area contributed by atoms with Gasteiger partial charge in [-0.3, -0.25) is 9.59 Å². The molecule has 0 spiro atoms. The van der Waals surface area contributed by atoms with E-state index in [1.54, 1.807) is 7.11 Å². The molecular formula is C18H24N2O4. The summed E-state index contributed by atoms with van der Waals surface area (Å²) in [4.78, 5) is 26.5. The Balaban J connectivity index is 1.52. The molecule has 2 heterocycles. The molecule has 0 radical (unpaired) electrons. The number of likely N-dealkylation sites (tertiary alicyclic amines) is 1. The maximum absolute atomic E-state index is 12.4. The number of hydrogen-bond acceptors (Lipinski definition) is 4. The first-order chi connectivity index (χ1) is 11.7. The SMILES string of the molecule is COc1cccc(CNC(=O)C2CC(=O)N(C3CCOCC3)C2)c1. The number of ether oxygens (including phenoxy) is 2. The largest absolute Gasteiger partial charge is 0.497 e. The highest BCUT2D eigenvalue weighted by atomic mass is 16.5. The van der Waals surface area contributed by atoms with E-state index in [-0.39, 0.29) is 23.8 Å². The first-order valence-corrected chi connectivity index (χ1v) is 8.45. The van der Waals surface area contributed by atoms with E-state index in [1.807, 2.05) is 29.2 Å². The van der Waals surface area contributed by atoms with Gasteiger partial charge in [0.2, 0.25) is 11.8 Å². The quantitative estimate of drug-likeness (QED) is 0.883. The van der Waals surface area contributed by atoms with Gasteiger partial charge < -0.3 is 19.7 Å². The van der Waals surface area contributed by atoms with Crippen LogP contribution in [-0.2, 0) is 20.9 Å². The molecule has 6 heteroatoms. The number of carbonyl (C=O) groups is 2. The van der Waals surface area contributed by atoms with Crippen molar-refractivity contribution in [1.82, 2.24) is 10.2 Å². The summed E-state index contributed by atoms with van der Waals surface area (Å²) in [6.07, 6.45) is 2.04. The lowest BCUT2D eigenvalue weighted by Gasteiger charge is -2.31. The highest BCUT2D eigenvalue weighted by Gasteiger charge is 2.38. The normalized spacial score (nSPS) is 21.8. The standard InChI is InChI=1S/C18H24N2O4/c1-23-16-4-2-3-13(9-16)11-19-18(22)14-10-17(21)20(12-14)15-5-7-24-8-6-15/h2-4,9,14-15H,5-8,10-12H2,1H3,(H,19,22). The lowest BCUT2D eigenvalue weighted by atomic mass is 10.1. The van der Waals surface area contributed by atoms with E-state index >= 15 is 0 Å². The fraction of sp³-hybridized carbons (Fsp3) is 0.556. The van der Waals surface area contributed by atoms with Crippen molar-refractivity contribution in [3.8, 4) is 5.75 Å². The zero-order chi connectivity index (χ0) is 16.9. The molecule has 2 aliphatic heterocycles. The molecule has 2 amide bonds. The smallest absolute Gasteiger partial charge is 0.225 e. The second-order valence-electron chi connectivity index (χ2n) is 6.36. The molecule has 0 saturated carbocycles. The van der Waals surface area contributed by atoms with E-state index < -0.39 is 0 Å². The Morgan fingerprint density at radius 1 is 1.38 bits per heavy atom. The van der Waals surface area contributed by atoms with Crippen LogP contribution in [0.2, 0.25) is 0 Å². The minimum atomic E-state index is -0.258. The molecule has 2 saturated heterocycles. The average molecular weight is 332 g/mol. The third-order valence-electron chi connectivity index (χ3n) is 4.76. The van der Waals surface area contributed by atoms with Crippen LogP contribution >= 0.6 is 0 Å². The number of rotatable bonds is 5. The lowest BCUT2D eigenvalue weighted by molar-refractivity contribution is -0.131. The van der Waals surface area contributed by atoms with Crippen molar-refractivity contribution in [3.63, 3.8) is 0 Å². The van der Waals surface area contributed by atoms with Gasteiger partial charge in [0.1, 0.15) is 5.75 Å². The summed E-state index contributed by atoms with van der Waals surface area (Å²) in [5.41, 5.74) is 0.980. The molecule has 1 aromatic carbocycles. The summed E-state index contributed by atoms with van der Waals surface area (Å²) in [6, 6.07) is 7.83. The summed E-state index contributed by atoms with van der Waals surface area (Å²) in [6.45, 7) is 2.35. The Hall–Kier alpha value is -2.08. The molecule has 2 aliphatic rings. The van der Waals surface area contributed by atoms with Gasteiger partial charge in [-0.25, -0.2) is 0 Å². The molecule has 0 aliphatic carbocycles. The number of nitrogens with zero attached hydrogens (tertiary/aromatic N) is 1. The van der Waals surface area contributed by atoms with Crippen LogP contribution in [-0.4, -0.2) is 49.6 Å². The van der Waals surface area contributed by atoms with Crippen LogP contribution in [0.15, 0.2) is 24.3 Å². The summed E-state index contributed by atoms with van der Waals surface area (Å²) < 4.78 is 10.5. The topological polar surface area (TPSA) is 67.9 Å². The number of amides is 2. The van der Waals surface area contributed by atoms with Gasteiger partial charge in [0.15, 0.2) is 0 Å². The lowest BCUT2D eigenvalue weighted by Crippen LogP contribution is -2.41. The fourth-order valence-corrected chi connectivity index (χ4v) is 3.37. The average Bonchev–Trinajstić information content (AvgIpc) is 3.02. The Morgan fingerprint density at radius 2 is 2.17 bits per heavy atom. The Bertz CT molecular complexity index is 598. The van der Waals surface area contributed by atoms with Crippen LogP contribution in [0.25, 0.3) is 0 Å². The van der Waals surface area contributed by atoms with Crippen molar-refractivity contribution in [3.05, 3.63) is 29.8 Å². The molecular weight excluding hydrogens is 308 g/mol. The van der Waals surface area contributed by atoms with E-state index in [0.717, 1.165) is 24.2 Å². The number of benzene rings is 1. The Morgan fingerprint density at radius 3 is 2.92 bits per heavy atom. The highest BCUT2D eigenvalue weighted by molar-refractivity contribution is 5.89. The van der Waals surface area contributed by atoms with E-state index in [0.29, 0.717) is 32.7 Å². The van der Waals surface area contributed by atoms with E-state index in [4.69, 9.17) is 9.47 Å². The van der Waals surface area contributed by atoms with Gasteiger partial charge in [-0.2, -0.15) is 0 Å². The van der Waals surface area contributed by atoms with Crippen molar-refractivity contribution in [2.24, 2.45) is 5.92 Å². The number of carbonyl (C=O) groups excluding carboxylic acids is 2. The van der Waals surface area contributed by atoms with Crippen molar-refractivity contribution >= 4 is 11.8 Å². The second kappa shape index (κ2) is 7.66. The van der Waals surface area contributed by atoms with Gasteiger partial charge in [-0.1, -0.05) is 12.1 Å². The first kappa shape index (κ1) is 16.8. The minimum Gasteiger partial charge on any atom is -0.497 e. The third-order valence-corrected chi connectivity index (χ3v) is 4.76. The predicted molar refractivity (Wildman–Crippen MR) is 88.5 cm³/mol. The highest BCUT2D eigenvalue weighted by Crippen LogP contribution is 2.25. The van der Waals surface area contributed by atoms with E-state index in [9.17, 15) is 9.59 Å². The van der Waals surface area contributed by atoms with Gasteiger partial charge in [0, 0.05) is 38.8 Å². The van der Waals surface area contributed by atoms with Crippen LogP contribution in [0.4, 0.5) is 0 Å². The van der Waals surface area contributed by atoms with Gasteiger partial charge >= 0.3 is 0 Å². The fourth-order valence-electron chi connectivity index (χ4n) is 3.37. The molecule has 1 unspecified atom stereocenters. The number of hydrogen-bond donors (Lipinski definition) is 1. The maximum Gasteiger partial charge on any atom is 0.225 e. The molecule has 3 rings (SSSR count). The second-order valence-corrected chi connectivity index (χ2v) is 6.36. The number of methoxy groups -OCH3 is 1. The van der Waals surface area contributed by atoms with Crippen LogP contribution in [0.1, 0.15) is 24.8 Å². The van der Waals surface area contributed by atoms with E-state index in [1.165, 1.54) is 0 Å². The molecule has 2 fully saturated rings. The summed E-state index contributed by atoms with van der Waals surface area (Å²) in [7, 11) is 1.62. The van der Waals surface area contributed by atoms with Crippen molar-refractivity contribution in [2.45, 2.75) is 31.8 Å². The van der Waals surface area contributed by atoms with Crippen molar-refractivity contribution in [2.75, 3.05) is 26.9 Å². The predicted octanol–water partition coefficient (Wildman–Crippen LogP) is 1.34. The summed E-state index contributed by atoms with van der Waals surface area (Å²) in [5.74, 6) is 0.540. The molecule has 1 aromatic rings. The van der Waals surface area contributed by atoms with Crippen LogP contribution in [0.5, 0.6) is 5.75 Å². The summed E-state index contributed by atoms with van der Waals surface area (Å²) >= 11 is 0. The van der Waals surface area contributed by atoms with Crippen molar-refractivity contribution < 1.29 is 19.1 Å². The van der Waals surface area contributed by atoms with Gasteiger partial charge in [0.25, 0.3) is 0 Å². The van der Waals surface area contributed by atoms with Crippen LogP contribution in [0.3, 0.4) is 0 Å². The maximum atomic E-state index is 12.4. The molecule has 24 heavy (non-hydrogen) atoms. The monoisotopic (exact) mass is 332 g/mol. The Kier molecular flexibility index (Phi) is 5.35. The molecule has 1 atom stereocenters. The zero-order valence-corrected chi connectivity index (χ0v) is 14.0. The van der Waals surface area contributed by atoms with E-state index in [2.05, 4.69) is 5.32 Å². The van der Waals surface area contributed by atoms with Crippen LogP contribution < -0.4 is 10.1 Å². The van der Waals surface area contributed by atoms with Gasteiger partial charge in [-0.05, 0) is 30.5 Å². The molecule has 0 aromatic heterocycles. The van der Waals surface area contributed by atoms with Crippen molar-refractivity contribution in [1.29, 1.82) is 0 Å². The summed E-state index contributed by atoms with van der Waals surface area (Å²) in [5, 5.41) is 2.94. The molecule has 6 nitrogen and oxygen atoms in total. The third kappa shape index (κ3) is 3.87. The van der Waals surface area contributed by atoms with Gasteiger partial charge in [0.05, 0.1) is 13.0 Å². The molecule has 1 N–H and O–H groups in total. The molecule has 130 valence electrons. The van der Waals surface area contributed by atoms with Crippen LogP contribution in [0, 0.1) is 5.92 Å². The minimum absolute atomic E-state index is 0.0549. The van der Waals surface area contributed by atoms with Gasteiger partial charge in [-0.15, -0.1) is 0 Å². The number of nitrogens with one attached hydrogen (secondary N) is 1. The Labute approximate surface area is 142 Å². The first-order valence-electron chi connectivity index (χ1n) is 8.45.